The van der Waals surface area contributed by atoms with E-state index in [1.165, 1.54) is 17.8 Å². The van der Waals surface area contributed by atoms with Gasteiger partial charge in [0.2, 0.25) is 0 Å². The van der Waals surface area contributed by atoms with Crippen LogP contribution in [0.1, 0.15) is 5.56 Å². The number of benzene rings is 1. The summed E-state index contributed by atoms with van der Waals surface area (Å²) < 4.78 is 5.59. The zero-order chi connectivity index (χ0) is 15.4. The number of ether oxygens (including phenoxy) is 1. The van der Waals surface area contributed by atoms with Crippen LogP contribution < -0.4 is 4.90 Å². The molecule has 0 bridgehead atoms. The van der Waals surface area contributed by atoms with Gasteiger partial charge in [-0.2, -0.15) is 0 Å². The van der Waals surface area contributed by atoms with Gasteiger partial charge in [-0.15, -0.1) is 0 Å². The first kappa shape index (κ1) is 14.5. The summed E-state index contributed by atoms with van der Waals surface area (Å²) in [5.41, 5.74) is 1.25. The van der Waals surface area contributed by atoms with E-state index in [1.807, 2.05) is 18.2 Å². The van der Waals surface area contributed by atoms with Crippen LogP contribution in [-0.4, -0.2) is 35.7 Å². The average molecular weight is 299 g/mol. The van der Waals surface area contributed by atoms with Crippen LogP contribution >= 0.6 is 0 Å². The maximum absolute atomic E-state index is 10.7. The predicted molar refractivity (Wildman–Crippen MR) is 83.0 cm³/mol. The summed E-state index contributed by atoms with van der Waals surface area (Å²) in [7, 11) is 0. The Morgan fingerprint density at radius 3 is 2.77 bits per heavy atom. The Balaban J connectivity index is 1.78. The minimum absolute atomic E-state index is 0.0108. The minimum Gasteiger partial charge on any atom is -0.377 e. The molecule has 2 aromatic rings. The minimum atomic E-state index is -0.433. The number of anilines is 1. The van der Waals surface area contributed by atoms with E-state index < -0.39 is 4.92 Å². The summed E-state index contributed by atoms with van der Waals surface area (Å²) in [6.45, 7) is 2.01. The first-order valence-corrected chi connectivity index (χ1v) is 7.23. The molecule has 3 rings (SSSR count). The Hall–Kier alpha value is -2.47. The Bertz CT molecular complexity index is 631. The number of nitro groups is 1. The largest absolute Gasteiger partial charge is 0.377 e. The van der Waals surface area contributed by atoms with Crippen molar-refractivity contribution in [2.45, 2.75) is 12.5 Å². The van der Waals surface area contributed by atoms with E-state index in [1.54, 1.807) is 6.07 Å². The van der Waals surface area contributed by atoms with E-state index in [4.69, 9.17) is 4.74 Å². The van der Waals surface area contributed by atoms with Crippen molar-refractivity contribution in [3.05, 3.63) is 64.3 Å². The van der Waals surface area contributed by atoms with Crippen LogP contribution in [0.4, 0.5) is 11.5 Å². The van der Waals surface area contributed by atoms with Gasteiger partial charge in [0.1, 0.15) is 12.0 Å². The van der Waals surface area contributed by atoms with Gasteiger partial charge in [0.15, 0.2) is 0 Å². The third-order valence-electron chi connectivity index (χ3n) is 3.78. The zero-order valence-corrected chi connectivity index (χ0v) is 12.1. The molecule has 1 aliphatic rings. The highest BCUT2D eigenvalue weighted by molar-refractivity contribution is 5.44. The molecule has 1 aromatic carbocycles. The number of aromatic nitrogens is 1. The highest BCUT2D eigenvalue weighted by Crippen LogP contribution is 2.22. The molecular formula is C16H17N3O3. The molecule has 0 amide bonds. The first-order valence-electron chi connectivity index (χ1n) is 7.23. The summed E-state index contributed by atoms with van der Waals surface area (Å²) in [5.74, 6) is 0.759. The molecule has 22 heavy (non-hydrogen) atoms. The lowest BCUT2D eigenvalue weighted by Gasteiger charge is -2.36. The van der Waals surface area contributed by atoms with Crippen LogP contribution in [0, 0.1) is 10.1 Å². The lowest BCUT2D eigenvalue weighted by molar-refractivity contribution is -0.385. The maximum Gasteiger partial charge on any atom is 0.287 e. The predicted octanol–water partition coefficient (Wildman–Crippen LogP) is 2.44. The van der Waals surface area contributed by atoms with Gasteiger partial charge in [-0.1, -0.05) is 30.3 Å². The van der Waals surface area contributed by atoms with E-state index >= 15 is 0 Å². The molecule has 1 atom stereocenters. The molecule has 0 saturated carbocycles. The Labute approximate surface area is 128 Å². The molecule has 1 aromatic heterocycles. The van der Waals surface area contributed by atoms with Crippen molar-refractivity contribution in [1.29, 1.82) is 0 Å². The number of hydrogen-bond acceptors (Lipinski definition) is 5. The summed E-state index contributed by atoms with van der Waals surface area (Å²) in [4.78, 5) is 16.7. The van der Waals surface area contributed by atoms with E-state index in [-0.39, 0.29) is 11.7 Å². The summed E-state index contributed by atoms with van der Waals surface area (Å²) in [5, 5.41) is 10.7. The van der Waals surface area contributed by atoms with Crippen molar-refractivity contribution in [3.63, 3.8) is 0 Å². The number of rotatable bonds is 4. The lowest BCUT2D eigenvalue weighted by atomic mass is 10.0. The molecule has 1 saturated heterocycles. The standard InChI is InChI=1S/C16H17N3O3/c20-19(21)14-6-7-16(17-11-14)18-8-9-22-12-15(18)10-13-4-2-1-3-5-13/h1-7,11,15H,8-10,12H2/t15-/m1/s1. The normalized spacial score (nSPS) is 18.2. The van der Waals surface area contributed by atoms with Gasteiger partial charge < -0.3 is 9.64 Å². The van der Waals surface area contributed by atoms with Crippen molar-refractivity contribution < 1.29 is 9.66 Å². The van der Waals surface area contributed by atoms with Crippen molar-refractivity contribution in [1.82, 2.24) is 4.98 Å². The Morgan fingerprint density at radius 2 is 2.09 bits per heavy atom. The van der Waals surface area contributed by atoms with Gasteiger partial charge in [-0.25, -0.2) is 4.98 Å². The molecular weight excluding hydrogens is 282 g/mol. The molecule has 1 fully saturated rings. The molecule has 6 heteroatoms. The molecule has 0 spiro atoms. The third kappa shape index (κ3) is 3.23. The molecule has 1 aliphatic heterocycles. The molecule has 2 heterocycles. The second-order valence-electron chi connectivity index (χ2n) is 5.24. The van der Waals surface area contributed by atoms with Gasteiger partial charge in [-0.05, 0) is 18.1 Å². The fourth-order valence-electron chi connectivity index (χ4n) is 2.67. The number of nitrogens with zero attached hydrogens (tertiary/aromatic N) is 3. The molecule has 114 valence electrons. The van der Waals surface area contributed by atoms with Crippen LogP contribution in [0.15, 0.2) is 48.7 Å². The van der Waals surface area contributed by atoms with Gasteiger partial charge in [0, 0.05) is 12.6 Å². The Kier molecular flexibility index (Phi) is 4.29. The SMILES string of the molecule is O=[N+]([O-])c1ccc(N2CCOC[C@H]2Cc2ccccc2)nc1. The van der Waals surface area contributed by atoms with Gasteiger partial charge in [-0.3, -0.25) is 10.1 Å². The average Bonchev–Trinajstić information content (AvgIpc) is 2.56. The lowest BCUT2D eigenvalue weighted by Crippen LogP contribution is -2.47. The van der Waals surface area contributed by atoms with Gasteiger partial charge in [0.05, 0.1) is 24.2 Å². The topological polar surface area (TPSA) is 68.5 Å². The molecule has 0 radical (unpaired) electrons. The van der Waals surface area contributed by atoms with Crippen LogP contribution in [0.25, 0.3) is 0 Å². The second kappa shape index (κ2) is 6.53. The zero-order valence-electron chi connectivity index (χ0n) is 12.1. The molecule has 0 N–H and O–H groups in total. The van der Waals surface area contributed by atoms with E-state index in [0.717, 1.165) is 18.8 Å². The third-order valence-corrected chi connectivity index (χ3v) is 3.78. The summed E-state index contributed by atoms with van der Waals surface area (Å²) >= 11 is 0. The van der Waals surface area contributed by atoms with Crippen molar-refractivity contribution in [2.75, 3.05) is 24.7 Å². The maximum atomic E-state index is 10.7. The highest BCUT2D eigenvalue weighted by atomic mass is 16.6. The fourth-order valence-corrected chi connectivity index (χ4v) is 2.67. The van der Waals surface area contributed by atoms with Crippen LogP contribution in [0.3, 0.4) is 0 Å². The number of hydrogen-bond donors (Lipinski definition) is 0. The molecule has 6 nitrogen and oxygen atoms in total. The van der Waals surface area contributed by atoms with Gasteiger partial charge in [0.25, 0.3) is 5.69 Å². The first-order chi connectivity index (χ1) is 10.7. The van der Waals surface area contributed by atoms with Crippen molar-refractivity contribution in [2.24, 2.45) is 0 Å². The van der Waals surface area contributed by atoms with E-state index in [0.29, 0.717) is 13.2 Å². The number of pyridine rings is 1. The van der Waals surface area contributed by atoms with Crippen LogP contribution in [0.5, 0.6) is 0 Å². The summed E-state index contributed by atoms with van der Waals surface area (Å²) in [6.07, 6.45) is 2.17. The van der Waals surface area contributed by atoms with Crippen molar-refractivity contribution in [3.8, 4) is 0 Å². The summed E-state index contributed by atoms with van der Waals surface area (Å²) in [6, 6.07) is 13.6. The van der Waals surface area contributed by atoms with Crippen molar-refractivity contribution >= 4 is 11.5 Å². The smallest absolute Gasteiger partial charge is 0.287 e. The van der Waals surface area contributed by atoms with Gasteiger partial charge >= 0.3 is 0 Å². The van der Waals surface area contributed by atoms with E-state index in [2.05, 4.69) is 22.0 Å². The number of morpholine rings is 1. The molecule has 0 unspecified atom stereocenters. The molecule has 0 aliphatic carbocycles. The fraction of sp³-hybridized carbons (Fsp3) is 0.312. The monoisotopic (exact) mass is 299 g/mol. The van der Waals surface area contributed by atoms with Crippen LogP contribution in [-0.2, 0) is 11.2 Å². The van der Waals surface area contributed by atoms with Crippen LogP contribution in [0.2, 0.25) is 0 Å². The second-order valence-corrected chi connectivity index (χ2v) is 5.24. The Morgan fingerprint density at radius 1 is 1.27 bits per heavy atom. The quantitative estimate of drug-likeness (QED) is 0.640. The highest BCUT2D eigenvalue weighted by Gasteiger charge is 2.24. The van der Waals surface area contributed by atoms with E-state index in [9.17, 15) is 10.1 Å².